The first-order chi connectivity index (χ1) is 17.5. The topological polar surface area (TPSA) is 155 Å². The lowest BCUT2D eigenvalue weighted by atomic mass is 9.95. The predicted molar refractivity (Wildman–Crippen MR) is 138 cm³/mol. The number of halogens is 2. The van der Waals surface area contributed by atoms with Gasteiger partial charge in [-0.25, -0.2) is 23.3 Å². The summed E-state index contributed by atoms with van der Waals surface area (Å²) < 4.78 is 29.0. The molecule has 0 aliphatic heterocycles. The SMILES string of the molecule is CC(C)CC(C(=O)NO)C(=O)Nc1ccc(Cn2cc(CNS(=O)(=O)c3ccc(Cl)c(Cl)c3)nn2)cc1. The second-order valence-electron chi connectivity index (χ2n) is 8.65. The summed E-state index contributed by atoms with van der Waals surface area (Å²) >= 11 is 11.7. The number of nitrogens with zero attached hydrogens (tertiary/aromatic N) is 3. The Morgan fingerprint density at radius 3 is 2.38 bits per heavy atom. The highest BCUT2D eigenvalue weighted by Crippen LogP contribution is 2.24. The van der Waals surface area contributed by atoms with Gasteiger partial charge in [0.05, 0.1) is 39.9 Å². The number of carbonyl (C=O) groups is 2. The number of hydroxylamine groups is 1. The third kappa shape index (κ3) is 7.98. The third-order valence-electron chi connectivity index (χ3n) is 5.25. The Kier molecular flexibility index (Phi) is 9.62. The van der Waals surface area contributed by atoms with Gasteiger partial charge >= 0.3 is 0 Å². The van der Waals surface area contributed by atoms with Crippen LogP contribution in [0, 0.1) is 11.8 Å². The van der Waals surface area contributed by atoms with Crippen molar-refractivity contribution < 1.29 is 23.2 Å². The van der Waals surface area contributed by atoms with Gasteiger partial charge in [-0.15, -0.1) is 5.10 Å². The van der Waals surface area contributed by atoms with Gasteiger partial charge in [-0.2, -0.15) is 0 Å². The van der Waals surface area contributed by atoms with E-state index in [1.165, 1.54) is 18.2 Å². The van der Waals surface area contributed by atoms with Gasteiger partial charge in [-0.1, -0.05) is 54.4 Å². The zero-order chi connectivity index (χ0) is 27.2. The van der Waals surface area contributed by atoms with Crippen molar-refractivity contribution in [3.63, 3.8) is 0 Å². The van der Waals surface area contributed by atoms with Gasteiger partial charge in [0.25, 0.3) is 5.91 Å². The summed E-state index contributed by atoms with van der Waals surface area (Å²) in [7, 11) is -3.83. The molecule has 2 aromatic carbocycles. The van der Waals surface area contributed by atoms with Crippen molar-refractivity contribution in [3.8, 4) is 0 Å². The number of anilines is 1. The fourth-order valence-corrected chi connectivity index (χ4v) is 4.77. The number of carbonyl (C=O) groups excluding carboxylic acids is 2. The fourth-order valence-electron chi connectivity index (χ4n) is 3.39. The predicted octanol–water partition coefficient (Wildman–Crippen LogP) is 3.22. The van der Waals surface area contributed by atoms with E-state index in [4.69, 9.17) is 28.4 Å². The minimum atomic E-state index is -3.83. The number of sulfonamides is 1. The molecular formula is C23H26Cl2N6O5S. The Morgan fingerprint density at radius 2 is 1.76 bits per heavy atom. The quantitative estimate of drug-likeness (QED) is 0.157. The monoisotopic (exact) mass is 568 g/mol. The van der Waals surface area contributed by atoms with Crippen molar-refractivity contribution in [1.29, 1.82) is 0 Å². The minimum Gasteiger partial charge on any atom is -0.325 e. The second kappa shape index (κ2) is 12.5. The average Bonchev–Trinajstić information content (AvgIpc) is 3.30. The lowest BCUT2D eigenvalue weighted by molar-refractivity contribution is -0.139. The lowest BCUT2D eigenvalue weighted by Gasteiger charge is -2.17. The molecule has 4 N–H and O–H groups in total. The molecule has 2 amide bonds. The van der Waals surface area contributed by atoms with Gasteiger partial charge in [-0.05, 0) is 48.2 Å². The Balaban J connectivity index is 1.57. The van der Waals surface area contributed by atoms with Crippen LogP contribution in [0.15, 0.2) is 53.6 Å². The summed E-state index contributed by atoms with van der Waals surface area (Å²) in [6, 6.07) is 10.9. The van der Waals surface area contributed by atoms with E-state index in [0.717, 1.165) is 5.56 Å². The van der Waals surface area contributed by atoms with Crippen molar-refractivity contribution in [2.75, 3.05) is 5.32 Å². The van der Waals surface area contributed by atoms with Crippen LogP contribution >= 0.6 is 23.2 Å². The molecule has 1 unspecified atom stereocenters. The number of rotatable bonds is 11. The summed E-state index contributed by atoms with van der Waals surface area (Å²) in [6.07, 6.45) is 1.89. The lowest BCUT2D eigenvalue weighted by Crippen LogP contribution is -2.37. The van der Waals surface area contributed by atoms with Gasteiger partial charge in [0.15, 0.2) is 0 Å². The van der Waals surface area contributed by atoms with Gasteiger partial charge in [-0.3, -0.25) is 14.8 Å². The zero-order valence-corrected chi connectivity index (χ0v) is 22.3. The van der Waals surface area contributed by atoms with Gasteiger partial charge in [0.1, 0.15) is 5.92 Å². The summed E-state index contributed by atoms with van der Waals surface area (Å²) in [5, 5.41) is 20.0. The molecule has 0 aliphatic carbocycles. The number of amides is 2. The number of hydrogen-bond acceptors (Lipinski definition) is 7. The van der Waals surface area contributed by atoms with Crippen molar-refractivity contribution in [2.24, 2.45) is 11.8 Å². The van der Waals surface area contributed by atoms with Crippen molar-refractivity contribution >= 4 is 50.7 Å². The summed E-state index contributed by atoms with van der Waals surface area (Å²) in [5.41, 5.74) is 3.29. The number of hydrogen-bond donors (Lipinski definition) is 4. The molecule has 14 heteroatoms. The smallest absolute Gasteiger partial charge is 0.255 e. The van der Waals surface area contributed by atoms with Crippen LogP contribution < -0.4 is 15.5 Å². The maximum Gasteiger partial charge on any atom is 0.255 e. The largest absolute Gasteiger partial charge is 0.325 e. The van der Waals surface area contributed by atoms with E-state index < -0.39 is 27.8 Å². The van der Waals surface area contributed by atoms with E-state index in [-0.39, 0.29) is 33.8 Å². The van der Waals surface area contributed by atoms with E-state index in [9.17, 15) is 18.0 Å². The molecule has 0 aliphatic rings. The fraction of sp³-hybridized carbons (Fsp3) is 0.304. The van der Waals surface area contributed by atoms with Crippen LogP contribution in [0.1, 0.15) is 31.5 Å². The highest BCUT2D eigenvalue weighted by molar-refractivity contribution is 7.89. The molecule has 0 spiro atoms. The highest BCUT2D eigenvalue weighted by atomic mass is 35.5. The van der Waals surface area contributed by atoms with E-state index in [0.29, 0.717) is 17.9 Å². The molecule has 3 aromatic rings. The second-order valence-corrected chi connectivity index (χ2v) is 11.2. The van der Waals surface area contributed by atoms with Gasteiger partial charge in [0.2, 0.25) is 15.9 Å². The van der Waals surface area contributed by atoms with E-state index in [2.05, 4.69) is 20.4 Å². The standard InChI is InChI=1S/C23H26Cl2N6O5S/c1-14(2)9-19(23(33)29-34)22(32)27-16-5-3-15(4-6-16)12-31-13-17(28-30-31)11-26-37(35,36)18-7-8-20(24)21(25)10-18/h3-8,10,13-14,19,26,34H,9,11-12H2,1-2H3,(H,27,32)(H,29,33). The van der Waals surface area contributed by atoms with Crippen LogP contribution in [0.4, 0.5) is 5.69 Å². The van der Waals surface area contributed by atoms with Crippen LogP contribution in [-0.2, 0) is 32.7 Å². The van der Waals surface area contributed by atoms with Crippen molar-refractivity contribution in [1.82, 2.24) is 25.2 Å². The number of aromatic nitrogens is 3. The first kappa shape index (κ1) is 28.5. The van der Waals surface area contributed by atoms with Crippen LogP contribution in [-0.4, -0.2) is 40.4 Å². The summed E-state index contributed by atoms with van der Waals surface area (Å²) in [5.74, 6) is -2.22. The van der Waals surface area contributed by atoms with Crippen LogP contribution in [0.25, 0.3) is 0 Å². The Hall–Kier alpha value is -3.03. The van der Waals surface area contributed by atoms with E-state index >= 15 is 0 Å². The third-order valence-corrected chi connectivity index (χ3v) is 7.39. The molecule has 3 rings (SSSR count). The molecule has 1 aromatic heterocycles. The molecule has 198 valence electrons. The van der Waals surface area contributed by atoms with Crippen LogP contribution in [0.5, 0.6) is 0 Å². The minimum absolute atomic E-state index is 0.0195. The molecule has 37 heavy (non-hydrogen) atoms. The Bertz CT molecular complexity index is 1360. The molecule has 0 bridgehead atoms. The van der Waals surface area contributed by atoms with Gasteiger partial charge < -0.3 is 5.32 Å². The molecule has 0 radical (unpaired) electrons. The summed E-state index contributed by atoms with van der Waals surface area (Å²) in [6.45, 7) is 4.02. The highest BCUT2D eigenvalue weighted by Gasteiger charge is 2.27. The molecule has 1 atom stereocenters. The van der Waals surface area contributed by atoms with Crippen LogP contribution in [0.3, 0.4) is 0 Å². The molecule has 1 heterocycles. The zero-order valence-electron chi connectivity index (χ0n) is 20.0. The molecule has 11 nitrogen and oxygen atoms in total. The van der Waals surface area contributed by atoms with E-state index in [1.807, 2.05) is 13.8 Å². The van der Waals surface area contributed by atoms with Gasteiger partial charge in [0, 0.05) is 5.69 Å². The summed E-state index contributed by atoms with van der Waals surface area (Å²) in [4.78, 5) is 24.3. The molecule has 0 saturated carbocycles. The maximum atomic E-state index is 12.5. The first-order valence-corrected chi connectivity index (χ1v) is 13.4. The Labute approximate surface area is 224 Å². The first-order valence-electron chi connectivity index (χ1n) is 11.2. The number of nitrogens with one attached hydrogen (secondary N) is 3. The van der Waals surface area contributed by atoms with E-state index in [1.54, 1.807) is 40.6 Å². The molecule has 0 fully saturated rings. The number of benzene rings is 2. The Morgan fingerprint density at radius 1 is 1.05 bits per heavy atom. The molecular weight excluding hydrogens is 543 g/mol. The maximum absolute atomic E-state index is 12.5. The van der Waals surface area contributed by atoms with Crippen molar-refractivity contribution in [2.45, 2.75) is 38.3 Å². The molecule has 0 saturated heterocycles. The normalized spacial score (nSPS) is 12.4. The average molecular weight is 569 g/mol. The van der Waals surface area contributed by atoms with Crippen LogP contribution in [0.2, 0.25) is 10.0 Å². The van der Waals surface area contributed by atoms with Crippen molar-refractivity contribution in [3.05, 3.63) is 70.0 Å².